The van der Waals surface area contributed by atoms with Crippen molar-refractivity contribution in [3.8, 4) is 17.1 Å². The Hall–Kier alpha value is -2.26. The van der Waals surface area contributed by atoms with Crippen molar-refractivity contribution in [1.82, 2.24) is 0 Å². The minimum Gasteiger partial charge on any atom is -0.502 e. The summed E-state index contributed by atoms with van der Waals surface area (Å²) in [5.41, 5.74) is 0.471. The zero-order valence-electron chi connectivity index (χ0n) is 9.76. The Kier molecular flexibility index (Phi) is 2.76. The molecule has 2 aromatic carbocycles. The summed E-state index contributed by atoms with van der Waals surface area (Å²) in [6, 6.07) is 13.9. The van der Waals surface area contributed by atoms with Crippen LogP contribution in [0.5, 0.6) is 5.75 Å². The van der Waals surface area contributed by atoms with Gasteiger partial charge in [0.25, 0.3) is 0 Å². The maximum Gasteiger partial charge on any atom is 0.236 e. The SMILES string of the molecule is O=c1c(O)c(-c2ccccc2)oc2cccc(Cl)c12. The second kappa shape index (κ2) is 4.44. The lowest BCUT2D eigenvalue weighted by atomic mass is 10.1. The van der Waals surface area contributed by atoms with Crippen LogP contribution in [0.2, 0.25) is 5.02 Å². The highest BCUT2D eigenvalue weighted by Gasteiger charge is 2.16. The summed E-state index contributed by atoms with van der Waals surface area (Å²) in [7, 11) is 0. The second-order valence-corrected chi connectivity index (χ2v) is 4.50. The molecule has 19 heavy (non-hydrogen) atoms. The van der Waals surface area contributed by atoms with E-state index in [0.29, 0.717) is 11.1 Å². The summed E-state index contributed by atoms with van der Waals surface area (Å²) >= 11 is 5.96. The Bertz CT molecular complexity index is 807. The molecule has 0 aliphatic rings. The van der Waals surface area contributed by atoms with E-state index in [1.807, 2.05) is 6.07 Å². The number of fused-ring (bicyclic) bond motifs is 1. The average molecular weight is 273 g/mol. The fourth-order valence-corrected chi connectivity index (χ4v) is 2.23. The van der Waals surface area contributed by atoms with Gasteiger partial charge in [-0.05, 0) is 12.1 Å². The van der Waals surface area contributed by atoms with E-state index in [4.69, 9.17) is 16.0 Å². The second-order valence-electron chi connectivity index (χ2n) is 4.09. The first-order valence-corrected chi connectivity index (χ1v) is 6.06. The van der Waals surface area contributed by atoms with Crippen LogP contribution in [0.25, 0.3) is 22.3 Å². The van der Waals surface area contributed by atoms with Crippen LogP contribution >= 0.6 is 11.6 Å². The summed E-state index contributed by atoms with van der Waals surface area (Å²) in [5.74, 6) is -0.271. The van der Waals surface area contributed by atoms with Crippen LogP contribution in [0.1, 0.15) is 0 Å². The van der Waals surface area contributed by atoms with Gasteiger partial charge in [-0.25, -0.2) is 0 Å². The molecule has 0 fully saturated rings. The Morgan fingerprint density at radius 2 is 1.74 bits per heavy atom. The van der Waals surface area contributed by atoms with Crippen LogP contribution < -0.4 is 5.43 Å². The van der Waals surface area contributed by atoms with Crippen molar-refractivity contribution < 1.29 is 9.52 Å². The number of benzene rings is 2. The molecular formula is C15H9ClO3. The lowest BCUT2D eigenvalue weighted by Crippen LogP contribution is -2.03. The van der Waals surface area contributed by atoms with Gasteiger partial charge in [-0.1, -0.05) is 48.0 Å². The first kappa shape index (κ1) is 11.8. The molecule has 0 saturated carbocycles. The van der Waals surface area contributed by atoms with Crippen molar-refractivity contribution in [2.24, 2.45) is 0 Å². The van der Waals surface area contributed by atoms with E-state index < -0.39 is 11.2 Å². The van der Waals surface area contributed by atoms with Crippen molar-refractivity contribution in [2.45, 2.75) is 0 Å². The maximum absolute atomic E-state index is 12.1. The van der Waals surface area contributed by atoms with Crippen LogP contribution in [0.15, 0.2) is 57.7 Å². The lowest BCUT2D eigenvalue weighted by Gasteiger charge is -2.06. The number of halogens is 1. The van der Waals surface area contributed by atoms with Crippen molar-refractivity contribution in [1.29, 1.82) is 0 Å². The fourth-order valence-electron chi connectivity index (χ4n) is 1.97. The summed E-state index contributed by atoms with van der Waals surface area (Å²) < 4.78 is 5.61. The fraction of sp³-hybridized carbons (Fsp3) is 0. The molecule has 1 N–H and O–H groups in total. The third-order valence-electron chi connectivity index (χ3n) is 2.88. The van der Waals surface area contributed by atoms with Crippen LogP contribution in [0.3, 0.4) is 0 Å². The Labute approximate surface area is 113 Å². The highest BCUT2D eigenvalue weighted by Crippen LogP contribution is 2.31. The van der Waals surface area contributed by atoms with Crippen LogP contribution in [-0.2, 0) is 0 Å². The summed E-state index contributed by atoms with van der Waals surface area (Å²) in [4.78, 5) is 12.1. The Morgan fingerprint density at radius 3 is 2.47 bits per heavy atom. The summed E-state index contributed by atoms with van der Waals surface area (Å²) in [5, 5.41) is 10.5. The molecule has 0 aliphatic carbocycles. The molecule has 0 atom stereocenters. The molecular weight excluding hydrogens is 264 g/mol. The molecule has 0 amide bonds. The molecule has 0 aliphatic heterocycles. The molecule has 1 aromatic heterocycles. The molecule has 1 heterocycles. The van der Waals surface area contributed by atoms with Crippen LogP contribution in [0, 0.1) is 0 Å². The van der Waals surface area contributed by atoms with Crippen molar-refractivity contribution in [3.05, 3.63) is 63.8 Å². The first-order valence-electron chi connectivity index (χ1n) is 5.68. The number of rotatable bonds is 1. The summed E-state index contributed by atoms with van der Waals surface area (Å²) in [6.07, 6.45) is 0. The number of aromatic hydroxyl groups is 1. The third-order valence-corrected chi connectivity index (χ3v) is 3.20. The number of hydrogen-bond donors (Lipinski definition) is 1. The molecule has 4 heteroatoms. The molecule has 0 saturated heterocycles. The van der Waals surface area contributed by atoms with Crippen LogP contribution in [-0.4, -0.2) is 5.11 Å². The minimum absolute atomic E-state index is 0.153. The predicted molar refractivity (Wildman–Crippen MR) is 74.6 cm³/mol. The predicted octanol–water partition coefficient (Wildman–Crippen LogP) is 3.82. The molecule has 0 bridgehead atoms. The molecule has 0 spiro atoms. The zero-order valence-corrected chi connectivity index (χ0v) is 10.5. The Balaban J connectivity index is 2.41. The van der Waals surface area contributed by atoms with Gasteiger partial charge in [-0.2, -0.15) is 0 Å². The largest absolute Gasteiger partial charge is 0.502 e. The smallest absolute Gasteiger partial charge is 0.236 e. The summed E-state index contributed by atoms with van der Waals surface area (Å²) in [6.45, 7) is 0. The molecule has 3 nitrogen and oxygen atoms in total. The van der Waals surface area contributed by atoms with Gasteiger partial charge < -0.3 is 9.52 Å². The van der Waals surface area contributed by atoms with Gasteiger partial charge >= 0.3 is 0 Å². The highest BCUT2D eigenvalue weighted by atomic mass is 35.5. The van der Waals surface area contributed by atoms with E-state index in [1.54, 1.807) is 42.5 Å². The van der Waals surface area contributed by atoms with E-state index in [9.17, 15) is 9.90 Å². The minimum atomic E-state index is -0.522. The zero-order chi connectivity index (χ0) is 13.4. The van der Waals surface area contributed by atoms with Gasteiger partial charge in [0.1, 0.15) is 5.58 Å². The first-order chi connectivity index (χ1) is 9.18. The lowest BCUT2D eigenvalue weighted by molar-refractivity contribution is 0.449. The molecule has 3 aromatic rings. The van der Waals surface area contributed by atoms with E-state index in [2.05, 4.69) is 0 Å². The maximum atomic E-state index is 12.1. The van der Waals surface area contributed by atoms with Crippen LogP contribution in [0.4, 0.5) is 0 Å². The van der Waals surface area contributed by atoms with Gasteiger partial charge in [0.2, 0.25) is 11.2 Å². The van der Waals surface area contributed by atoms with Gasteiger partial charge in [-0.3, -0.25) is 4.79 Å². The van der Waals surface area contributed by atoms with Crippen molar-refractivity contribution in [3.63, 3.8) is 0 Å². The normalized spacial score (nSPS) is 10.8. The molecule has 94 valence electrons. The molecule has 0 radical (unpaired) electrons. The van der Waals surface area contributed by atoms with E-state index in [1.165, 1.54) is 0 Å². The van der Waals surface area contributed by atoms with Gasteiger partial charge in [0.05, 0.1) is 10.4 Å². The van der Waals surface area contributed by atoms with Gasteiger partial charge in [-0.15, -0.1) is 0 Å². The van der Waals surface area contributed by atoms with Crippen molar-refractivity contribution >= 4 is 22.6 Å². The van der Waals surface area contributed by atoms with E-state index >= 15 is 0 Å². The topological polar surface area (TPSA) is 50.4 Å². The third kappa shape index (κ3) is 1.88. The van der Waals surface area contributed by atoms with Crippen molar-refractivity contribution in [2.75, 3.05) is 0 Å². The monoisotopic (exact) mass is 272 g/mol. The Morgan fingerprint density at radius 1 is 1.00 bits per heavy atom. The standard InChI is InChI=1S/C15H9ClO3/c16-10-7-4-8-11-12(10)13(17)14(18)15(19-11)9-5-2-1-3-6-9/h1-8,18H. The quantitative estimate of drug-likeness (QED) is 0.733. The highest BCUT2D eigenvalue weighted by molar-refractivity contribution is 6.35. The molecule has 0 unspecified atom stereocenters. The number of hydrogen-bond acceptors (Lipinski definition) is 3. The van der Waals surface area contributed by atoms with E-state index in [-0.39, 0.29) is 16.2 Å². The molecule has 3 rings (SSSR count). The van der Waals surface area contributed by atoms with Gasteiger partial charge in [0, 0.05) is 5.56 Å². The average Bonchev–Trinajstić information content (AvgIpc) is 2.43. The van der Waals surface area contributed by atoms with E-state index in [0.717, 1.165) is 0 Å². The van der Waals surface area contributed by atoms with Gasteiger partial charge in [0.15, 0.2) is 5.76 Å².